The zero-order chi connectivity index (χ0) is 18.8. The van der Waals surface area contributed by atoms with E-state index in [1.54, 1.807) is 17.0 Å². The molecule has 0 amide bonds. The van der Waals surface area contributed by atoms with Crippen molar-refractivity contribution in [2.24, 2.45) is 0 Å². The summed E-state index contributed by atoms with van der Waals surface area (Å²) in [6.45, 7) is 0.906. The first-order valence-electron chi connectivity index (χ1n) is 8.81. The molecule has 4 rings (SSSR count). The van der Waals surface area contributed by atoms with Crippen molar-refractivity contribution in [3.63, 3.8) is 0 Å². The quantitative estimate of drug-likeness (QED) is 0.663. The first kappa shape index (κ1) is 18.1. The van der Waals surface area contributed by atoms with Crippen molar-refractivity contribution >= 4 is 28.6 Å². The van der Waals surface area contributed by atoms with Gasteiger partial charge in [0.2, 0.25) is 0 Å². The minimum absolute atomic E-state index is 0.216. The van der Waals surface area contributed by atoms with Crippen LogP contribution in [0.15, 0.2) is 24.5 Å². The van der Waals surface area contributed by atoms with Crippen molar-refractivity contribution in [3.8, 4) is 0 Å². The Kier molecular flexibility index (Phi) is 5.18. The van der Waals surface area contributed by atoms with Crippen LogP contribution >= 0.6 is 11.6 Å². The van der Waals surface area contributed by atoms with Crippen LogP contribution in [0, 0.1) is 11.9 Å². The lowest BCUT2D eigenvalue weighted by Crippen LogP contribution is -2.12. The van der Waals surface area contributed by atoms with Gasteiger partial charge < -0.3 is 10.1 Å². The molecule has 3 aromatic rings. The fourth-order valence-corrected chi connectivity index (χ4v) is 3.42. The van der Waals surface area contributed by atoms with Crippen molar-refractivity contribution in [1.29, 1.82) is 0 Å². The third-order valence-corrected chi connectivity index (χ3v) is 4.92. The minimum Gasteiger partial charge on any atom is -0.364 e. The number of hydrogen-bond acceptors (Lipinski definition) is 5. The maximum atomic E-state index is 14.0. The van der Waals surface area contributed by atoms with E-state index >= 15 is 0 Å². The number of ether oxygens (including phenoxy) is 1. The van der Waals surface area contributed by atoms with Gasteiger partial charge in [-0.2, -0.15) is 14.4 Å². The van der Waals surface area contributed by atoms with E-state index in [0.29, 0.717) is 23.3 Å². The van der Waals surface area contributed by atoms with E-state index < -0.39 is 11.9 Å². The maximum Gasteiger partial charge on any atom is 0.312 e. The van der Waals surface area contributed by atoms with Gasteiger partial charge in [-0.15, -0.1) is 0 Å². The van der Waals surface area contributed by atoms with E-state index in [1.165, 1.54) is 12.1 Å². The Labute approximate surface area is 159 Å². The second-order valence-electron chi connectivity index (χ2n) is 6.43. The molecule has 3 heterocycles. The summed E-state index contributed by atoms with van der Waals surface area (Å²) in [4.78, 5) is 12.1. The number of benzene rings is 1. The summed E-state index contributed by atoms with van der Waals surface area (Å²) in [5.74, 6) is -0.161. The van der Waals surface area contributed by atoms with Gasteiger partial charge in [-0.3, -0.25) is 4.57 Å². The SMILES string of the molecule is Fc1ccc(CNc2nc(F)nc3c2ncn3C2CCCCCO2)c(Cl)c1. The molecule has 0 aliphatic carbocycles. The van der Waals surface area contributed by atoms with E-state index in [-0.39, 0.29) is 23.6 Å². The zero-order valence-electron chi connectivity index (χ0n) is 14.5. The van der Waals surface area contributed by atoms with Crippen LogP contribution in [0.4, 0.5) is 14.6 Å². The van der Waals surface area contributed by atoms with E-state index in [1.807, 2.05) is 0 Å². The Bertz CT molecular complexity index is 956. The third-order valence-electron chi connectivity index (χ3n) is 4.57. The molecule has 0 radical (unpaired) electrons. The van der Waals surface area contributed by atoms with Gasteiger partial charge >= 0.3 is 6.08 Å². The third kappa shape index (κ3) is 3.86. The molecule has 1 N–H and O–H groups in total. The topological polar surface area (TPSA) is 64.9 Å². The highest BCUT2D eigenvalue weighted by Gasteiger charge is 2.20. The Hall–Kier alpha value is -2.32. The predicted octanol–water partition coefficient (Wildman–Crippen LogP) is 4.46. The molecule has 0 spiro atoms. The molecule has 0 saturated carbocycles. The first-order chi connectivity index (χ1) is 13.1. The summed E-state index contributed by atoms with van der Waals surface area (Å²) >= 11 is 6.04. The number of fused-ring (bicyclic) bond motifs is 1. The molecular weight excluding hydrogens is 376 g/mol. The van der Waals surface area contributed by atoms with Crippen molar-refractivity contribution < 1.29 is 13.5 Å². The van der Waals surface area contributed by atoms with E-state index in [2.05, 4.69) is 20.3 Å². The highest BCUT2D eigenvalue weighted by molar-refractivity contribution is 6.31. The molecule has 1 unspecified atom stereocenters. The number of anilines is 1. The molecule has 1 fully saturated rings. The minimum atomic E-state index is -0.856. The summed E-state index contributed by atoms with van der Waals surface area (Å²) in [7, 11) is 0. The second-order valence-corrected chi connectivity index (χ2v) is 6.84. The molecule has 1 atom stereocenters. The standard InChI is InChI=1S/C18H18ClF2N5O/c19-13-8-12(20)6-5-11(13)9-22-16-15-17(25-18(21)24-16)26(10-23-15)14-4-2-1-3-7-27-14/h5-6,8,10,14H,1-4,7,9H2,(H,22,24,25). The number of hydrogen-bond donors (Lipinski definition) is 1. The van der Waals surface area contributed by atoms with Gasteiger partial charge in [-0.1, -0.05) is 24.1 Å². The molecule has 0 bridgehead atoms. The van der Waals surface area contributed by atoms with E-state index in [9.17, 15) is 8.78 Å². The maximum absolute atomic E-state index is 14.0. The molecule has 9 heteroatoms. The number of imidazole rings is 1. The molecule has 6 nitrogen and oxygen atoms in total. The number of nitrogens with one attached hydrogen (secondary N) is 1. The van der Waals surface area contributed by atoms with Crippen LogP contribution in [0.25, 0.3) is 11.2 Å². The predicted molar refractivity (Wildman–Crippen MR) is 97.5 cm³/mol. The summed E-state index contributed by atoms with van der Waals surface area (Å²) in [6, 6.07) is 4.11. The Balaban J connectivity index is 1.63. The van der Waals surface area contributed by atoms with Gasteiger partial charge in [0.05, 0.1) is 6.33 Å². The van der Waals surface area contributed by atoms with Gasteiger partial charge in [0.15, 0.2) is 17.0 Å². The first-order valence-corrected chi connectivity index (χ1v) is 9.19. The van der Waals surface area contributed by atoms with Crippen LogP contribution in [0.5, 0.6) is 0 Å². The summed E-state index contributed by atoms with van der Waals surface area (Å²) in [6.07, 6.45) is 4.51. The lowest BCUT2D eigenvalue weighted by molar-refractivity contribution is 0.00928. The van der Waals surface area contributed by atoms with Gasteiger partial charge in [0, 0.05) is 18.2 Å². The Morgan fingerprint density at radius 1 is 1.22 bits per heavy atom. The molecule has 27 heavy (non-hydrogen) atoms. The van der Waals surface area contributed by atoms with Crippen LogP contribution in [0.3, 0.4) is 0 Å². The van der Waals surface area contributed by atoms with Crippen molar-refractivity contribution in [1.82, 2.24) is 19.5 Å². The van der Waals surface area contributed by atoms with Crippen molar-refractivity contribution in [2.45, 2.75) is 38.5 Å². The number of aromatic nitrogens is 4. The zero-order valence-corrected chi connectivity index (χ0v) is 15.2. The number of rotatable bonds is 4. The number of nitrogens with zero attached hydrogens (tertiary/aromatic N) is 4. The Morgan fingerprint density at radius 3 is 2.96 bits per heavy atom. The number of halogens is 3. The van der Waals surface area contributed by atoms with Crippen LogP contribution in [0.2, 0.25) is 5.02 Å². The molecule has 1 saturated heterocycles. The lowest BCUT2D eigenvalue weighted by Gasteiger charge is -2.17. The van der Waals surface area contributed by atoms with Crippen LogP contribution < -0.4 is 5.32 Å². The smallest absolute Gasteiger partial charge is 0.312 e. The van der Waals surface area contributed by atoms with Crippen molar-refractivity contribution in [2.75, 3.05) is 11.9 Å². The van der Waals surface area contributed by atoms with Gasteiger partial charge in [0.25, 0.3) is 0 Å². The van der Waals surface area contributed by atoms with Crippen LogP contribution in [-0.2, 0) is 11.3 Å². The van der Waals surface area contributed by atoms with Gasteiger partial charge in [-0.05, 0) is 37.0 Å². The molecule has 1 aromatic carbocycles. The average molecular weight is 394 g/mol. The summed E-state index contributed by atoms with van der Waals surface area (Å²) in [5, 5.41) is 3.30. The largest absolute Gasteiger partial charge is 0.364 e. The van der Waals surface area contributed by atoms with Gasteiger partial charge in [-0.25, -0.2) is 9.37 Å². The monoisotopic (exact) mass is 393 g/mol. The Morgan fingerprint density at radius 2 is 2.11 bits per heavy atom. The second kappa shape index (κ2) is 7.74. The molecule has 2 aromatic heterocycles. The van der Waals surface area contributed by atoms with Crippen LogP contribution in [0.1, 0.15) is 37.5 Å². The fraction of sp³-hybridized carbons (Fsp3) is 0.389. The molecule has 142 valence electrons. The van der Waals surface area contributed by atoms with E-state index in [4.69, 9.17) is 16.3 Å². The van der Waals surface area contributed by atoms with Gasteiger partial charge in [0.1, 0.15) is 12.0 Å². The average Bonchev–Trinajstić information content (AvgIpc) is 2.87. The van der Waals surface area contributed by atoms with E-state index in [0.717, 1.165) is 25.7 Å². The normalized spacial score (nSPS) is 17.8. The molecule has 1 aliphatic rings. The lowest BCUT2D eigenvalue weighted by atomic mass is 10.2. The van der Waals surface area contributed by atoms with Crippen molar-refractivity contribution in [3.05, 3.63) is 47.0 Å². The van der Waals surface area contributed by atoms with Crippen LogP contribution in [-0.4, -0.2) is 26.1 Å². The highest BCUT2D eigenvalue weighted by atomic mass is 35.5. The molecular formula is C18H18ClF2N5O. The fourth-order valence-electron chi connectivity index (χ4n) is 3.19. The highest BCUT2D eigenvalue weighted by Crippen LogP contribution is 2.28. The summed E-state index contributed by atoms with van der Waals surface area (Å²) in [5.41, 5.74) is 1.49. The summed E-state index contributed by atoms with van der Waals surface area (Å²) < 4.78 is 34.8. The molecule has 1 aliphatic heterocycles.